The molecule has 0 fully saturated rings. The number of aromatic nitrogens is 3. The minimum absolute atomic E-state index is 0.178. The molecule has 4 aromatic rings. The SMILES string of the molecule is Cc1csc(-n2cc(-c3ccccn3)cc(-c3cccnc3F)c2=O)c1. The summed E-state index contributed by atoms with van der Waals surface area (Å²) in [5.74, 6) is -0.670. The smallest absolute Gasteiger partial charge is 0.263 e. The van der Waals surface area contributed by atoms with Crippen LogP contribution in [-0.4, -0.2) is 14.5 Å². The lowest BCUT2D eigenvalue weighted by Gasteiger charge is -2.11. The first kappa shape index (κ1) is 16.4. The van der Waals surface area contributed by atoms with Crippen LogP contribution >= 0.6 is 11.3 Å². The van der Waals surface area contributed by atoms with Crippen molar-refractivity contribution in [3.8, 4) is 27.4 Å². The lowest BCUT2D eigenvalue weighted by atomic mass is 10.1. The number of aryl methyl sites for hydroxylation is 1. The fourth-order valence-electron chi connectivity index (χ4n) is 2.74. The molecule has 0 saturated heterocycles. The maximum absolute atomic E-state index is 14.3. The summed E-state index contributed by atoms with van der Waals surface area (Å²) in [4.78, 5) is 21.1. The monoisotopic (exact) mass is 363 g/mol. The highest BCUT2D eigenvalue weighted by Crippen LogP contribution is 2.26. The Kier molecular flexibility index (Phi) is 4.18. The number of hydrogen-bond donors (Lipinski definition) is 0. The molecule has 0 unspecified atom stereocenters. The van der Waals surface area contributed by atoms with Gasteiger partial charge in [-0.25, -0.2) is 4.98 Å². The number of pyridine rings is 3. The largest absolute Gasteiger partial charge is 0.274 e. The van der Waals surface area contributed by atoms with Crippen LogP contribution in [0.15, 0.2) is 71.2 Å². The fraction of sp³-hybridized carbons (Fsp3) is 0.0500. The first-order valence-electron chi connectivity index (χ1n) is 7.98. The third-order valence-corrected chi connectivity index (χ3v) is 5.03. The normalized spacial score (nSPS) is 10.8. The number of thiophene rings is 1. The van der Waals surface area contributed by atoms with E-state index in [9.17, 15) is 9.18 Å². The zero-order chi connectivity index (χ0) is 18.1. The summed E-state index contributed by atoms with van der Waals surface area (Å²) >= 11 is 1.46. The maximum Gasteiger partial charge on any atom is 0.263 e. The molecule has 0 radical (unpaired) electrons. The van der Waals surface area contributed by atoms with Gasteiger partial charge in [0, 0.05) is 29.7 Å². The van der Waals surface area contributed by atoms with Crippen LogP contribution in [0.5, 0.6) is 0 Å². The van der Waals surface area contributed by atoms with Gasteiger partial charge in [0.2, 0.25) is 5.95 Å². The second kappa shape index (κ2) is 6.65. The Labute approximate surface area is 153 Å². The van der Waals surface area contributed by atoms with Crippen molar-refractivity contribution >= 4 is 11.3 Å². The van der Waals surface area contributed by atoms with E-state index in [1.165, 1.54) is 17.5 Å². The minimum Gasteiger partial charge on any atom is -0.274 e. The standard InChI is InChI=1S/C20H14FN3OS/c1-13-9-18(26-12-13)24-11-14(17-6-2-3-7-22-17)10-16(20(24)25)15-5-4-8-23-19(15)21/h2-12H,1H3. The second-order valence-electron chi connectivity index (χ2n) is 5.84. The summed E-state index contributed by atoms with van der Waals surface area (Å²) in [5.41, 5.74) is 2.64. The van der Waals surface area contributed by atoms with Crippen molar-refractivity contribution in [1.29, 1.82) is 0 Å². The molecular formula is C20H14FN3OS. The van der Waals surface area contributed by atoms with Gasteiger partial charge >= 0.3 is 0 Å². The van der Waals surface area contributed by atoms with Crippen LogP contribution in [0.3, 0.4) is 0 Å². The average Bonchev–Trinajstić information content (AvgIpc) is 3.09. The van der Waals surface area contributed by atoms with Crippen LogP contribution in [0.2, 0.25) is 0 Å². The predicted octanol–water partition coefficient (Wildman–Crippen LogP) is 4.47. The maximum atomic E-state index is 14.3. The molecule has 0 aromatic carbocycles. The minimum atomic E-state index is -0.670. The molecule has 0 aliphatic rings. The van der Waals surface area contributed by atoms with E-state index in [4.69, 9.17) is 0 Å². The first-order chi connectivity index (χ1) is 12.6. The Morgan fingerprint density at radius 1 is 1.04 bits per heavy atom. The highest BCUT2D eigenvalue weighted by atomic mass is 32.1. The van der Waals surface area contributed by atoms with E-state index in [2.05, 4.69) is 9.97 Å². The van der Waals surface area contributed by atoms with Crippen LogP contribution in [-0.2, 0) is 0 Å². The third kappa shape index (κ3) is 2.95. The summed E-state index contributed by atoms with van der Waals surface area (Å²) in [6.45, 7) is 1.97. The Hall–Kier alpha value is -3.12. The van der Waals surface area contributed by atoms with Gasteiger partial charge in [-0.15, -0.1) is 11.3 Å². The highest BCUT2D eigenvalue weighted by Gasteiger charge is 2.16. The van der Waals surface area contributed by atoms with E-state index in [1.54, 1.807) is 35.2 Å². The molecule has 0 amide bonds. The number of halogens is 1. The van der Waals surface area contributed by atoms with Gasteiger partial charge in [-0.1, -0.05) is 6.07 Å². The Balaban J connectivity index is 2.02. The zero-order valence-corrected chi connectivity index (χ0v) is 14.7. The molecule has 6 heteroatoms. The van der Waals surface area contributed by atoms with E-state index in [0.717, 1.165) is 16.1 Å². The van der Waals surface area contributed by atoms with Gasteiger partial charge in [0.15, 0.2) is 0 Å². The first-order valence-corrected chi connectivity index (χ1v) is 8.86. The van der Waals surface area contributed by atoms with E-state index >= 15 is 0 Å². The second-order valence-corrected chi connectivity index (χ2v) is 6.73. The molecule has 0 atom stereocenters. The zero-order valence-electron chi connectivity index (χ0n) is 13.9. The molecule has 128 valence electrons. The molecule has 4 aromatic heterocycles. The summed E-state index contributed by atoms with van der Waals surface area (Å²) in [7, 11) is 0. The molecule has 0 aliphatic carbocycles. The Morgan fingerprint density at radius 3 is 2.58 bits per heavy atom. The van der Waals surface area contributed by atoms with Crippen molar-refractivity contribution in [2.24, 2.45) is 0 Å². The van der Waals surface area contributed by atoms with Gasteiger partial charge in [-0.3, -0.25) is 14.3 Å². The van der Waals surface area contributed by atoms with Crippen molar-refractivity contribution in [2.45, 2.75) is 6.92 Å². The molecule has 0 N–H and O–H groups in total. The number of rotatable bonds is 3. The van der Waals surface area contributed by atoms with Crippen LogP contribution in [0.4, 0.5) is 4.39 Å². The van der Waals surface area contributed by atoms with Gasteiger partial charge in [0.05, 0.1) is 11.3 Å². The van der Waals surface area contributed by atoms with Crippen molar-refractivity contribution in [3.05, 3.63) is 88.3 Å². The van der Waals surface area contributed by atoms with E-state index < -0.39 is 5.95 Å². The average molecular weight is 363 g/mol. The molecule has 4 nitrogen and oxygen atoms in total. The lowest BCUT2D eigenvalue weighted by molar-refractivity contribution is 0.587. The van der Waals surface area contributed by atoms with Crippen LogP contribution in [0, 0.1) is 12.9 Å². The van der Waals surface area contributed by atoms with E-state index in [1.807, 2.05) is 36.6 Å². The highest BCUT2D eigenvalue weighted by molar-refractivity contribution is 7.12. The summed E-state index contributed by atoms with van der Waals surface area (Å²) in [5, 5.41) is 2.75. The van der Waals surface area contributed by atoms with Crippen molar-refractivity contribution in [1.82, 2.24) is 14.5 Å². The Bertz CT molecular complexity index is 1140. The molecule has 4 rings (SSSR count). The molecular weight excluding hydrogens is 349 g/mol. The molecule has 4 heterocycles. The van der Waals surface area contributed by atoms with Gasteiger partial charge in [-0.2, -0.15) is 4.39 Å². The van der Waals surface area contributed by atoms with E-state index in [0.29, 0.717) is 5.69 Å². The van der Waals surface area contributed by atoms with Gasteiger partial charge in [0.25, 0.3) is 5.56 Å². The van der Waals surface area contributed by atoms with Crippen LogP contribution in [0.1, 0.15) is 5.56 Å². The number of hydrogen-bond acceptors (Lipinski definition) is 4. The van der Waals surface area contributed by atoms with Crippen molar-refractivity contribution < 1.29 is 4.39 Å². The lowest BCUT2D eigenvalue weighted by Crippen LogP contribution is -2.19. The quantitative estimate of drug-likeness (QED) is 0.505. The van der Waals surface area contributed by atoms with Crippen LogP contribution in [0.25, 0.3) is 27.4 Å². The fourth-order valence-corrected chi connectivity index (χ4v) is 3.62. The van der Waals surface area contributed by atoms with Crippen molar-refractivity contribution in [3.63, 3.8) is 0 Å². The van der Waals surface area contributed by atoms with Gasteiger partial charge in [-0.05, 0) is 54.3 Å². The number of nitrogens with zero attached hydrogens (tertiary/aromatic N) is 3. The van der Waals surface area contributed by atoms with Gasteiger partial charge in [0.1, 0.15) is 5.00 Å². The molecule has 0 bridgehead atoms. The predicted molar refractivity (Wildman–Crippen MR) is 101 cm³/mol. The topological polar surface area (TPSA) is 47.8 Å². The summed E-state index contributed by atoms with van der Waals surface area (Å²) < 4.78 is 15.8. The van der Waals surface area contributed by atoms with E-state index in [-0.39, 0.29) is 16.7 Å². The Morgan fingerprint density at radius 2 is 1.88 bits per heavy atom. The van der Waals surface area contributed by atoms with Gasteiger partial charge < -0.3 is 0 Å². The summed E-state index contributed by atoms with van der Waals surface area (Å²) in [6.07, 6.45) is 4.79. The molecule has 0 spiro atoms. The molecule has 0 aliphatic heterocycles. The summed E-state index contributed by atoms with van der Waals surface area (Å²) in [6, 6.07) is 12.3. The van der Waals surface area contributed by atoms with Crippen molar-refractivity contribution in [2.75, 3.05) is 0 Å². The van der Waals surface area contributed by atoms with Crippen LogP contribution < -0.4 is 5.56 Å². The molecule has 0 saturated carbocycles. The third-order valence-electron chi connectivity index (χ3n) is 3.98. The molecule has 26 heavy (non-hydrogen) atoms.